The molecule has 0 atom stereocenters. The number of nitrogens with zero attached hydrogens (tertiary/aromatic N) is 1. The molecule has 0 saturated heterocycles. The van der Waals surface area contributed by atoms with Gasteiger partial charge in [0.15, 0.2) is 5.96 Å². The lowest BCUT2D eigenvalue weighted by atomic mass is 10.1. The van der Waals surface area contributed by atoms with E-state index in [0.29, 0.717) is 12.5 Å². The first-order valence-electron chi connectivity index (χ1n) is 8.09. The SMILES string of the molecule is CCCNC(=O)CN=C(NCC)NCCCc1ccccc1.I. The lowest BCUT2D eigenvalue weighted by Crippen LogP contribution is -2.39. The number of nitrogens with one attached hydrogen (secondary N) is 3. The molecule has 0 radical (unpaired) electrons. The van der Waals surface area contributed by atoms with Crippen molar-refractivity contribution in [2.75, 3.05) is 26.2 Å². The van der Waals surface area contributed by atoms with E-state index in [2.05, 4.69) is 45.2 Å². The summed E-state index contributed by atoms with van der Waals surface area (Å²) in [5.74, 6) is 0.658. The number of hydrogen-bond acceptors (Lipinski definition) is 2. The third kappa shape index (κ3) is 11.0. The largest absolute Gasteiger partial charge is 0.357 e. The summed E-state index contributed by atoms with van der Waals surface area (Å²) in [7, 11) is 0. The van der Waals surface area contributed by atoms with Crippen LogP contribution in [-0.2, 0) is 11.2 Å². The van der Waals surface area contributed by atoms with Crippen LogP contribution in [0, 0.1) is 0 Å². The average molecular weight is 432 g/mol. The van der Waals surface area contributed by atoms with E-state index in [1.165, 1.54) is 5.56 Å². The summed E-state index contributed by atoms with van der Waals surface area (Å²) in [6.45, 7) is 6.52. The molecule has 0 bridgehead atoms. The molecule has 1 aromatic carbocycles. The Kier molecular flexibility index (Phi) is 13.5. The minimum atomic E-state index is -0.0386. The number of benzene rings is 1. The number of aliphatic imine (C=N–C) groups is 1. The van der Waals surface area contributed by atoms with Crippen LogP contribution in [0.2, 0.25) is 0 Å². The Morgan fingerprint density at radius 1 is 1.04 bits per heavy atom. The van der Waals surface area contributed by atoms with Gasteiger partial charge in [0.05, 0.1) is 0 Å². The number of halogens is 1. The quantitative estimate of drug-likeness (QED) is 0.243. The Balaban J connectivity index is 0.00000484. The van der Waals surface area contributed by atoms with E-state index in [4.69, 9.17) is 0 Å². The number of carbonyl (C=O) groups is 1. The third-order valence-electron chi connectivity index (χ3n) is 3.07. The van der Waals surface area contributed by atoms with Crippen LogP contribution in [0.25, 0.3) is 0 Å². The van der Waals surface area contributed by atoms with Crippen LogP contribution >= 0.6 is 24.0 Å². The van der Waals surface area contributed by atoms with Crippen molar-refractivity contribution in [2.45, 2.75) is 33.1 Å². The molecule has 1 rings (SSSR count). The molecular formula is C17H29IN4O. The minimum Gasteiger partial charge on any atom is -0.357 e. The zero-order valence-electron chi connectivity index (χ0n) is 14.1. The van der Waals surface area contributed by atoms with E-state index < -0.39 is 0 Å². The van der Waals surface area contributed by atoms with Gasteiger partial charge < -0.3 is 16.0 Å². The summed E-state index contributed by atoms with van der Waals surface area (Å²) in [4.78, 5) is 15.8. The van der Waals surface area contributed by atoms with Gasteiger partial charge in [-0.2, -0.15) is 0 Å². The van der Waals surface area contributed by atoms with Crippen molar-refractivity contribution < 1.29 is 4.79 Å². The van der Waals surface area contributed by atoms with Gasteiger partial charge in [-0.25, -0.2) is 4.99 Å². The summed E-state index contributed by atoms with van der Waals surface area (Å²) >= 11 is 0. The molecular weight excluding hydrogens is 403 g/mol. The fourth-order valence-electron chi connectivity index (χ4n) is 1.96. The topological polar surface area (TPSA) is 65.5 Å². The number of hydrogen-bond donors (Lipinski definition) is 3. The summed E-state index contributed by atoms with van der Waals surface area (Å²) in [5, 5.41) is 9.23. The normalized spacial score (nSPS) is 10.6. The standard InChI is InChI=1S/C17H28N4O.HI/c1-3-12-19-16(22)14-21-17(18-4-2)20-13-8-11-15-9-6-5-7-10-15;/h5-7,9-10H,3-4,8,11-14H2,1-2H3,(H,19,22)(H2,18,20,21);1H. The second kappa shape index (κ2) is 14.3. The third-order valence-corrected chi connectivity index (χ3v) is 3.07. The van der Waals surface area contributed by atoms with Crippen molar-refractivity contribution in [3.8, 4) is 0 Å². The van der Waals surface area contributed by atoms with Crippen molar-refractivity contribution in [1.82, 2.24) is 16.0 Å². The predicted molar refractivity (Wildman–Crippen MR) is 107 cm³/mol. The number of rotatable bonds is 9. The molecule has 0 aliphatic rings. The second-order valence-electron chi connectivity index (χ2n) is 5.06. The molecule has 0 unspecified atom stereocenters. The number of carbonyl (C=O) groups excluding carboxylic acids is 1. The van der Waals surface area contributed by atoms with Gasteiger partial charge in [-0.05, 0) is 31.7 Å². The van der Waals surface area contributed by atoms with E-state index in [0.717, 1.165) is 32.4 Å². The first kappa shape index (κ1) is 21.7. The molecule has 3 N–H and O–H groups in total. The zero-order valence-corrected chi connectivity index (χ0v) is 16.4. The maximum atomic E-state index is 11.6. The second-order valence-corrected chi connectivity index (χ2v) is 5.06. The molecule has 0 aromatic heterocycles. The molecule has 0 heterocycles. The first-order valence-corrected chi connectivity index (χ1v) is 8.09. The van der Waals surface area contributed by atoms with Crippen molar-refractivity contribution >= 4 is 35.8 Å². The van der Waals surface area contributed by atoms with Crippen LogP contribution < -0.4 is 16.0 Å². The molecule has 0 saturated carbocycles. The van der Waals surface area contributed by atoms with Crippen LogP contribution in [0.1, 0.15) is 32.3 Å². The van der Waals surface area contributed by atoms with Gasteiger partial charge in [0, 0.05) is 19.6 Å². The van der Waals surface area contributed by atoms with Crippen molar-refractivity contribution in [1.29, 1.82) is 0 Å². The van der Waals surface area contributed by atoms with Crippen LogP contribution in [0.15, 0.2) is 35.3 Å². The van der Waals surface area contributed by atoms with E-state index >= 15 is 0 Å². The molecule has 1 amide bonds. The number of aryl methyl sites for hydroxylation is 1. The van der Waals surface area contributed by atoms with Gasteiger partial charge in [0.2, 0.25) is 5.91 Å². The van der Waals surface area contributed by atoms with E-state index in [-0.39, 0.29) is 36.4 Å². The predicted octanol–water partition coefficient (Wildman–Crippen LogP) is 2.32. The van der Waals surface area contributed by atoms with Crippen LogP contribution in [-0.4, -0.2) is 38.0 Å². The molecule has 23 heavy (non-hydrogen) atoms. The Morgan fingerprint density at radius 2 is 1.78 bits per heavy atom. The van der Waals surface area contributed by atoms with Gasteiger partial charge in [-0.15, -0.1) is 24.0 Å². The Bertz CT molecular complexity index is 451. The first-order chi connectivity index (χ1) is 10.8. The Hall–Kier alpha value is -1.31. The summed E-state index contributed by atoms with van der Waals surface area (Å²) in [6, 6.07) is 10.4. The average Bonchev–Trinajstić information content (AvgIpc) is 2.55. The summed E-state index contributed by atoms with van der Waals surface area (Å²) in [5.41, 5.74) is 1.34. The van der Waals surface area contributed by atoms with Crippen molar-refractivity contribution in [3.05, 3.63) is 35.9 Å². The number of guanidine groups is 1. The molecule has 1 aromatic rings. The summed E-state index contributed by atoms with van der Waals surface area (Å²) < 4.78 is 0. The van der Waals surface area contributed by atoms with Crippen LogP contribution in [0.4, 0.5) is 0 Å². The molecule has 0 aliphatic carbocycles. The lowest BCUT2D eigenvalue weighted by Gasteiger charge is -2.11. The fourth-order valence-corrected chi connectivity index (χ4v) is 1.96. The van der Waals surface area contributed by atoms with Crippen LogP contribution in [0.5, 0.6) is 0 Å². The van der Waals surface area contributed by atoms with Gasteiger partial charge >= 0.3 is 0 Å². The van der Waals surface area contributed by atoms with Gasteiger partial charge in [-0.1, -0.05) is 37.3 Å². The molecule has 0 fully saturated rings. The highest BCUT2D eigenvalue weighted by Crippen LogP contribution is 2.01. The van der Waals surface area contributed by atoms with Gasteiger partial charge in [0.1, 0.15) is 6.54 Å². The van der Waals surface area contributed by atoms with Crippen molar-refractivity contribution in [3.63, 3.8) is 0 Å². The molecule has 6 heteroatoms. The molecule has 5 nitrogen and oxygen atoms in total. The zero-order chi connectivity index (χ0) is 16.0. The smallest absolute Gasteiger partial charge is 0.241 e. The maximum Gasteiger partial charge on any atom is 0.241 e. The van der Waals surface area contributed by atoms with E-state index in [1.54, 1.807) is 0 Å². The minimum absolute atomic E-state index is 0. The van der Waals surface area contributed by atoms with Gasteiger partial charge in [-0.3, -0.25) is 4.79 Å². The molecule has 130 valence electrons. The highest BCUT2D eigenvalue weighted by molar-refractivity contribution is 14.0. The van der Waals surface area contributed by atoms with Crippen molar-refractivity contribution in [2.24, 2.45) is 4.99 Å². The Morgan fingerprint density at radius 3 is 2.43 bits per heavy atom. The monoisotopic (exact) mass is 432 g/mol. The van der Waals surface area contributed by atoms with E-state index in [1.807, 2.05) is 19.9 Å². The lowest BCUT2D eigenvalue weighted by molar-refractivity contribution is -0.119. The highest BCUT2D eigenvalue weighted by atomic mass is 127. The Labute approximate surface area is 156 Å². The van der Waals surface area contributed by atoms with E-state index in [9.17, 15) is 4.79 Å². The number of amides is 1. The van der Waals surface area contributed by atoms with Gasteiger partial charge in [0.25, 0.3) is 0 Å². The molecule has 0 spiro atoms. The fraction of sp³-hybridized carbons (Fsp3) is 0.529. The maximum absolute atomic E-state index is 11.6. The van der Waals surface area contributed by atoms with Crippen LogP contribution in [0.3, 0.4) is 0 Å². The summed E-state index contributed by atoms with van der Waals surface area (Å²) in [6.07, 6.45) is 2.99. The molecule has 0 aliphatic heterocycles. The highest BCUT2D eigenvalue weighted by Gasteiger charge is 2.01.